The Kier molecular flexibility index (Phi) is 4.35. The highest BCUT2D eigenvalue weighted by Gasteiger charge is 2.23. The van der Waals surface area contributed by atoms with Crippen LogP contribution in [0.4, 0.5) is 0 Å². The molecule has 24 heavy (non-hydrogen) atoms. The molecule has 3 rings (SSSR count). The Morgan fingerprint density at radius 2 is 1.92 bits per heavy atom. The Bertz CT molecular complexity index is 852. The smallest absolute Gasteiger partial charge is 0.404 e. The number of rotatable bonds is 5. The van der Waals surface area contributed by atoms with Crippen LogP contribution in [0.1, 0.15) is 41.8 Å². The van der Waals surface area contributed by atoms with Crippen molar-refractivity contribution >= 4 is 13.6 Å². The fourth-order valence-electron chi connectivity index (χ4n) is 2.98. The number of Topliss-reactive ketones (excluding diaryl/α,β-unsaturated/α-hetero) is 1. The minimum atomic E-state index is -4.57. The second kappa shape index (κ2) is 6.17. The van der Waals surface area contributed by atoms with Crippen molar-refractivity contribution < 1.29 is 23.7 Å². The van der Waals surface area contributed by atoms with Gasteiger partial charge in [-0.2, -0.15) is 0 Å². The van der Waals surface area contributed by atoms with Crippen LogP contribution in [-0.4, -0.2) is 15.6 Å². The van der Waals surface area contributed by atoms with E-state index in [-0.39, 0.29) is 17.5 Å². The predicted octanol–water partition coefficient (Wildman–Crippen LogP) is 3.96. The zero-order valence-electron chi connectivity index (χ0n) is 13.5. The van der Waals surface area contributed by atoms with Crippen LogP contribution in [0.3, 0.4) is 0 Å². The van der Waals surface area contributed by atoms with E-state index in [1.807, 2.05) is 32.0 Å². The number of phosphoric ester groups is 1. The van der Waals surface area contributed by atoms with Gasteiger partial charge in [-0.25, -0.2) is 4.57 Å². The van der Waals surface area contributed by atoms with Crippen LogP contribution in [0.5, 0.6) is 5.75 Å². The first kappa shape index (κ1) is 16.9. The number of hydrogen-bond acceptors (Lipinski definition) is 3. The van der Waals surface area contributed by atoms with E-state index >= 15 is 0 Å². The van der Waals surface area contributed by atoms with E-state index in [2.05, 4.69) is 4.52 Å². The lowest BCUT2D eigenvalue weighted by Gasteiger charge is -2.10. The first-order valence-electron chi connectivity index (χ1n) is 7.84. The summed E-state index contributed by atoms with van der Waals surface area (Å²) in [6.07, 6.45) is 1.45. The average Bonchev–Trinajstić information content (AvgIpc) is 2.88. The zero-order chi connectivity index (χ0) is 17.5. The van der Waals surface area contributed by atoms with E-state index < -0.39 is 7.82 Å². The largest absolute Gasteiger partial charge is 0.524 e. The van der Waals surface area contributed by atoms with Gasteiger partial charge in [0, 0.05) is 11.5 Å². The molecule has 2 aromatic carbocycles. The molecule has 1 aliphatic rings. The summed E-state index contributed by atoms with van der Waals surface area (Å²) in [5.74, 6) is 0.268. The van der Waals surface area contributed by atoms with E-state index in [1.165, 1.54) is 6.07 Å². The third-order valence-corrected chi connectivity index (χ3v) is 4.88. The van der Waals surface area contributed by atoms with Crippen molar-refractivity contribution in [2.24, 2.45) is 5.92 Å². The van der Waals surface area contributed by atoms with Crippen LogP contribution < -0.4 is 4.52 Å². The Morgan fingerprint density at radius 1 is 1.17 bits per heavy atom. The van der Waals surface area contributed by atoms with Crippen molar-refractivity contribution in [1.82, 2.24) is 0 Å². The molecule has 0 spiro atoms. The molecule has 2 N–H and O–H groups in total. The number of hydrogen-bond donors (Lipinski definition) is 2. The molecule has 0 bridgehead atoms. The molecule has 2 aromatic rings. The molecule has 1 unspecified atom stereocenters. The van der Waals surface area contributed by atoms with Gasteiger partial charge in [-0.1, -0.05) is 32.0 Å². The van der Waals surface area contributed by atoms with E-state index in [1.54, 1.807) is 12.1 Å². The topological polar surface area (TPSA) is 83.8 Å². The minimum Gasteiger partial charge on any atom is -0.404 e. The summed E-state index contributed by atoms with van der Waals surface area (Å²) in [4.78, 5) is 30.2. The molecule has 1 atom stereocenters. The molecule has 126 valence electrons. The van der Waals surface area contributed by atoms with Crippen LogP contribution >= 0.6 is 7.82 Å². The number of benzene rings is 2. The lowest BCUT2D eigenvalue weighted by molar-refractivity contribution is 0.0927. The lowest BCUT2D eigenvalue weighted by Crippen LogP contribution is -2.10. The minimum absolute atomic E-state index is 0.0112. The maximum Gasteiger partial charge on any atom is 0.524 e. The Labute approximate surface area is 140 Å². The highest BCUT2D eigenvalue weighted by molar-refractivity contribution is 7.46. The molecule has 0 fully saturated rings. The van der Waals surface area contributed by atoms with Crippen LogP contribution in [-0.2, 0) is 11.0 Å². The van der Waals surface area contributed by atoms with Crippen LogP contribution in [0.25, 0.3) is 11.1 Å². The summed E-state index contributed by atoms with van der Waals surface area (Å²) < 4.78 is 15.6. The fourth-order valence-corrected chi connectivity index (χ4v) is 3.37. The summed E-state index contributed by atoms with van der Waals surface area (Å²) in [7, 11) is -4.57. The highest BCUT2D eigenvalue weighted by atomic mass is 31.2. The van der Waals surface area contributed by atoms with Crippen molar-refractivity contribution in [2.75, 3.05) is 0 Å². The molecular weight excluding hydrogens is 327 g/mol. The maximum atomic E-state index is 12.4. The standard InChI is InChI=1S/C18H19O5P/c1-3-11(2)18(19)13-5-4-12-8-14-9-15(23-24(20,21)22)6-7-16(14)17(12)10-13/h4-7,9-11H,3,8H2,1-2H3,(H2,20,21,22). The molecule has 6 heteroatoms. The molecule has 0 aliphatic heterocycles. The molecule has 0 saturated carbocycles. The van der Waals surface area contributed by atoms with Crippen LogP contribution in [0, 0.1) is 5.92 Å². The second-order valence-electron chi connectivity index (χ2n) is 6.12. The van der Waals surface area contributed by atoms with Crippen molar-refractivity contribution in [3.05, 3.63) is 53.1 Å². The number of phosphoric acid groups is 1. The quantitative estimate of drug-likeness (QED) is 0.540. The van der Waals surface area contributed by atoms with Gasteiger partial charge in [0.25, 0.3) is 0 Å². The van der Waals surface area contributed by atoms with Gasteiger partial charge in [-0.15, -0.1) is 0 Å². The van der Waals surface area contributed by atoms with Gasteiger partial charge < -0.3 is 4.52 Å². The van der Waals surface area contributed by atoms with Gasteiger partial charge in [0.15, 0.2) is 5.78 Å². The van der Waals surface area contributed by atoms with E-state index in [0.29, 0.717) is 12.0 Å². The zero-order valence-corrected chi connectivity index (χ0v) is 14.4. The van der Waals surface area contributed by atoms with Crippen molar-refractivity contribution in [2.45, 2.75) is 26.7 Å². The number of carbonyl (C=O) groups is 1. The van der Waals surface area contributed by atoms with Crippen LogP contribution in [0.2, 0.25) is 0 Å². The number of fused-ring (bicyclic) bond motifs is 3. The van der Waals surface area contributed by atoms with Gasteiger partial charge in [0.2, 0.25) is 0 Å². The number of carbonyl (C=O) groups excluding carboxylic acids is 1. The maximum absolute atomic E-state index is 12.4. The third kappa shape index (κ3) is 3.29. The summed E-state index contributed by atoms with van der Waals surface area (Å²) >= 11 is 0. The molecule has 0 amide bonds. The SMILES string of the molecule is CCC(C)C(=O)c1ccc2c(c1)-c1ccc(OP(=O)(O)O)cc1C2. The highest BCUT2D eigenvalue weighted by Crippen LogP contribution is 2.42. The van der Waals surface area contributed by atoms with E-state index in [9.17, 15) is 9.36 Å². The van der Waals surface area contributed by atoms with Crippen molar-refractivity contribution in [1.29, 1.82) is 0 Å². The Balaban J connectivity index is 1.96. The fraction of sp³-hybridized carbons (Fsp3) is 0.278. The molecule has 0 heterocycles. The van der Waals surface area contributed by atoms with Crippen LogP contribution in [0.15, 0.2) is 36.4 Å². The molecular formula is C18H19O5P. The summed E-state index contributed by atoms with van der Waals surface area (Å²) in [5, 5.41) is 0. The van der Waals surface area contributed by atoms with Crippen molar-refractivity contribution in [3.63, 3.8) is 0 Å². The van der Waals surface area contributed by atoms with Gasteiger partial charge >= 0.3 is 7.82 Å². The van der Waals surface area contributed by atoms with E-state index in [0.717, 1.165) is 28.7 Å². The molecule has 1 aliphatic carbocycles. The number of ketones is 1. The van der Waals surface area contributed by atoms with Gasteiger partial charge in [0.1, 0.15) is 5.75 Å². The predicted molar refractivity (Wildman–Crippen MR) is 91.1 cm³/mol. The second-order valence-corrected chi connectivity index (χ2v) is 7.29. The van der Waals surface area contributed by atoms with Crippen molar-refractivity contribution in [3.8, 4) is 16.9 Å². The summed E-state index contributed by atoms with van der Waals surface area (Å²) in [6, 6.07) is 10.7. The Morgan fingerprint density at radius 3 is 2.58 bits per heavy atom. The van der Waals surface area contributed by atoms with Gasteiger partial charge in [0.05, 0.1) is 0 Å². The average molecular weight is 346 g/mol. The molecule has 5 nitrogen and oxygen atoms in total. The summed E-state index contributed by atoms with van der Waals surface area (Å²) in [6.45, 7) is 3.92. The molecule has 0 saturated heterocycles. The third-order valence-electron chi connectivity index (χ3n) is 4.43. The van der Waals surface area contributed by atoms with Gasteiger partial charge in [-0.05, 0) is 53.3 Å². The molecule has 0 radical (unpaired) electrons. The first-order valence-corrected chi connectivity index (χ1v) is 9.37. The monoisotopic (exact) mass is 346 g/mol. The Hall–Kier alpha value is -1.94. The first-order chi connectivity index (χ1) is 11.3. The summed E-state index contributed by atoms with van der Waals surface area (Å²) in [5.41, 5.74) is 4.71. The normalized spacial score (nSPS) is 14.0. The lowest BCUT2D eigenvalue weighted by atomic mass is 9.94. The molecule has 0 aromatic heterocycles. The van der Waals surface area contributed by atoms with E-state index in [4.69, 9.17) is 9.79 Å². The van der Waals surface area contributed by atoms with Gasteiger partial charge in [-0.3, -0.25) is 14.6 Å².